The fraction of sp³-hybridized carbons (Fsp3) is 0.500. The number of hydrogen-bond donors (Lipinski definition) is 1. The molecule has 2 aromatic carbocycles. The molecule has 13 heteroatoms. The number of ether oxygens (including phenoxy) is 1. The van der Waals surface area contributed by atoms with Crippen LogP contribution in [0.4, 0.5) is 13.2 Å². The summed E-state index contributed by atoms with van der Waals surface area (Å²) in [4.78, 5) is 32.4. The maximum Gasteiger partial charge on any atom is 0.416 e. The van der Waals surface area contributed by atoms with Crippen LogP contribution in [0.25, 0.3) is 0 Å². The number of carbonyl (C=O) groups is 2. The number of aliphatic imine (C=N–C) groups is 1. The van der Waals surface area contributed by atoms with E-state index in [2.05, 4.69) is 10.3 Å². The first-order valence-corrected chi connectivity index (χ1v) is 17.6. The van der Waals surface area contributed by atoms with Crippen molar-refractivity contribution in [3.05, 3.63) is 76.4 Å². The first-order valence-electron chi connectivity index (χ1n) is 16.0. The van der Waals surface area contributed by atoms with Crippen LogP contribution in [-0.2, 0) is 27.4 Å². The summed E-state index contributed by atoms with van der Waals surface area (Å²) in [6.45, 7) is 2.74. The van der Waals surface area contributed by atoms with Crippen molar-refractivity contribution >= 4 is 27.7 Å². The van der Waals surface area contributed by atoms with Gasteiger partial charge in [0.25, 0.3) is 11.8 Å². The van der Waals surface area contributed by atoms with Crippen LogP contribution in [-0.4, -0.2) is 79.9 Å². The molecule has 9 nitrogen and oxygen atoms in total. The Kier molecular flexibility index (Phi) is 10.4. The molecule has 7 bridgehead atoms. The Morgan fingerprint density at radius 3 is 2.40 bits per heavy atom. The number of amides is 2. The van der Waals surface area contributed by atoms with Crippen LogP contribution >= 0.6 is 0 Å². The van der Waals surface area contributed by atoms with Gasteiger partial charge < -0.3 is 15.0 Å². The SMILES string of the molecule is Cc1cc2ccc1CCS(=O)(=O)N1CCC3(CC1)N=C(NC3=O)c1cc(cc(C(F)(F)F)c1)OCC/C=C\CCCCCN(C)C2=O. The average Bonchev–Trinajstić information content (AvgIpc) is 3.34. The second-order valence-corrected chi connectivity index (χ2v) is 14.6. The zero-order valence-electron chi connectivity index (χ0n) is 26.7. The molecule has 1 fully saturated rings. The Balaban J connectivity index is 1.38. The molecule has 0 aliphatic carbocycles. The van der Waals surface area contributed by atoms with E-state index in [0.29, 0.717) is 18.5 Å². The van der Waals surface area contributed by atoms with Crippen LogP contribution in [0.1, 0.15) is 77.6 Å². The molecule has 0 radical (unpaired) electrons. The lowest BCUT2D eigenvalue weighted by Gasteiger charge is -2.34. The normalized spacial score (nSPS) is 25.3. The van der Waals surface area contributed by atoms with Gasteiger partial charge in [0.2, 0.25) is 10.0 Å². The van der Waals surface area contributed by atoms with Crippen LogP contribution in [0.3, 0.4) is 0 Å². The third kappa shape index (κ3) is 8.24. The van der Waals surface area contributed by atoms with Gasteiger partial charge in [0.15, 0.2) is 0 Å². The molecular formula is C34H41F3N4O5S. The lowest BCUT2D eigenvalue weighted by Crippen LogP contribution is -2.50. The number of nitrogens with one attached hydrogen (secondary N) is 1. The van der Waals surface area contributed by atoms with Crippen molar-refractivity contribution in [2.75, 3.05) is 39.0 Å². The number of hydrogen-bond acceptors (Lipinski definition) is 6. The van der Waals surface area contributed by atoms with Crippen LogP contribution in [0.15, 0.2) is 53.5 Å². The summed E-state index contributed by atoms with van der Waals surface area (Å²) in [7, 11) is -1.91. The molecule has 5 heterocycles. The maximum atomic E-state index is 13.8. The maximum absolute atomic E-state index is 13.8. The zero-order valence-corrected chi connectivity index (χ0v) is 27.6. The number of rotatable bonds is 0. The minimum absolute atomic E-state index is 0.0125. The number of halogens is 3. The van der Waals surface area contributed by atoms with Crippen LogP contribution in [0.5, 0.6) is 5.75 Å². The second kappa shape index (κ2) is 14.2. The second-order valence-electron chi connectivity index (χ2n) is 12.5. The van der Waals surface area contributed by atoms with Gasteiger partial charge in [0.05, 0.1) is 17.9 Å². The van der Waals surface area contributed by atoms with Crippen molar-refractivity contribution in [3.8, 4) is 5.75 Å². The summed E-state index contributed by atoms with van der Waals surface area (Å²) in [6, 6.07) is 8.65. The van der Waals surface area contributed by atoms with Gasteiger partial charge in [-0.25, -0.2) is 12.7 Å². The predicted octanol–water partition coefficient (Wildman–Crippen LogP) is 5.27. The summed E-state index contributed by atoms with van der Waals surface area (Å²) in [5.41, 5.74) is 0.118. The standard InChI is InChI=1S/C34H41F3N4O5S/c1-24-20-26-11-10-25(24)12-19-47(44,45)41-16-13-33(14-17-41)32(43)38-30(39-33)27-21-28(34(35,36)37)23-29(22-27)46-18-9-7-5-3-4-6-8-15-40(2)31(26)42/h5,7,10-11,20-23H,3-4,6,8-9,12-19H2,1-2H3,(H,38,39,43)/b7-5-. The number of sulfonamides is 1. The first-order chi connectivity index (χ1) is 22.3. The smallest absolute Gasteiger partial charge is 0.416 e. The molecule has 2 amide bonds. The van der Waals surface area contributed by atoms with Gasteiger partial charge in [-0.05, 0) is 93.3 Å². The molecule has 7 rings (SSSR count). The molecule has 2 aromatic rings. The first kappa shape index (κ1) is 34.6. The van der Waals surface area contributed by atoms with Crippen molar-refractivity contribution < 1.29 is 35.9 Å². The van der Waals surface area contributed by atoms with Gasteiger partial charge in [0.1, 0.15) is 17.1 Å². The van der Waals surface area contributed by atoms with Crippen LogP contribution < -0.4 is 10.1 Å². The van der Waals surface area contributed by atoms with E-state index in [9.17, 15) is 31.2 Å². The molecular weight excluding hydrogens is 633 g/mol. The van der Waals surface area contributed by atoms with E-state index < -0.39 is 33.2 Å². The number of amidine groups is 1. The molecule has 0 unspecified atom stereocenters. The Morgan fingerprint density at radius 2 is 1.68 bits per heavy atom. The van der Waals surface area contributed by atoms with Gasteiger partial charge in [-0.15, -0.1) is 0 Å². The number of aryl methyl sites for hydroxylation is 2. The number of nitrogens with zero attached hydrogens (tertiary/aromatic N) is 3. The molecule has 5 aliphatic heterocycles. The van der Waals surface area contributed by atoms with E-state index in [1.807, 2.05) is 25.1 Å². The minimum Gasteiger partial charge on any atom is -0.493 e. The Labute approximate surface area is 273 Å². The zero-order chi connectivity index (χ0) is 33.8. The van der Waals surface area contributed by atoms with Crippen molar-refractivity contribution in [2.45, 2.75) is 70.0 Å². The Hall–Kier alpha value is -3.71. The summed E-state index contributed by atoms with van der Waals surface area (Å²) in [5.74, 6) is -0.666. The number of allylic oxidation sites excluding steroid dienone is 1. The Bertz CT molecular complexity index is 1660. The van der Waals surface area contributed by atoms with Crippen molar-refractivity contribution in [1.29, 1.82) is 0 Å². The molecule has 0 aromatic heterocycles. The molecule has 254 valence electrons. The summed E-state index contributed by atoms with van der Waals surface area (Å²) in [6.07, 6.45) is 3.80. The number of piperidine rings is 1. The lowest BCUT2D eigenvalue weighted by molar-refractivity contribution is -0.137. The largest absolute Gasteiger partial charge is 0.493 e. The highest BCUT2D eigenvalue weighted by Gasteiger charge is 2.47. The molecule has 0 atom stereocenters. The highest BCUT2D eigenvalue weighted by atomic mass is 32.2. The van der Waals surface area contributed by atoms with Crippen LogP contribution in [0.2, 0.25) is 0 Å². The highest BCUT2D eigenvalue weighted by Crippen LogP contribution is 2.36. The quantitative estimate of drug-likeness (QED) is 0.384. The highest BCUT2D eigenvalue weighted by molar-refractivity contribution is 7.89. The minimum atomic E-state index is -4.64. The van der Waals surface area contributed by atoms with E-state index in [1.165, 1.54) is 10.4 Å². The number of alkyl halides is 3. The molecule has 47 heavy (non-hydrogen) atoms. The number of benzene rings is 2. The topological polar surface area (TPSA) is 108 Å². The third-order valence-electron chi connectivity index (χ3n) is 9.08. The fourth-order valence-electron chi connectivity index (χ4n) is 6.18. The monoisotopic (exact) mass is 674 g/mol. The van der Waals surface area contributed by atoms with Crippen molar-refractivity contribution in [1.82, 2.24) is 14.5 Å². The predicted molar refractivity (Wildman–Crippen MR) is 173 cm³/mol. The van der Waals surface area contributed by atoms with Gasteiger partial charge in [-0.1, -0.05) is 24.6 Å². The molecule has 1 spiro atoms. The number of fused-ring (bicyclic) bond motifs is 2. The van der Waals surface area contributed by atoms with Gasteiger partial charge in [-0.3, -0.25) is 14.6 Å². The van der Waals surface area contributed by atoms with Gasteiger partial charge in [-0.2, -0.15) is 13.2 Å². The van der Waals surface area contributed by atoms with Gasteiger partial charge >= 0.3 is 6.18 Å². The summed E-state index contributed by atoms with van der Waals surface area (Å²) >= 11 is 0. The molecule has 1 N–H and O–H groups in total. The van der Waals surface area contributed by atoms with Gasteiger partial charge in [0, 0.05) is 37.8 Å². The van der Waals surface area contributed by atoms with E-state index in [0.717, 1.165) is 48.9 Å². The lowest BCUT2D eigenvalue weighted by atomic mass is 9.89. The van der Waals surface area contributed by atoms with Crippen LogP contribution in [0, 0.1) is 6.92 Å². The molecule has 1 saturated heterocycles. The Morgan fingerprint density at radius 1 is 0.936 bits per heavy atom. The van der Waals surface area contributed by atoms with E-state index in [-0.39, 0.29) is 67.8 Å². The summed E-state index contributed by atoms with van der Waals surface area (Å²) in [5, 5.41) is 2.65. The molecule has 0 saturated carbocycles. The molecule has 5 aliphatic rings. The summed E-state index contributed by atoms with van der Waals surface area (Å²) < 4.78 is 75.1. The van der Waals surface area contributed by atoms with E-state index >= 15 is 0 Å². The van der Waals surface area contributed by atoms with E-state index in [1.54, 1.807) is 24.1 Å². The average molecular weight is 675 g/mol. The van der Waals surface area contributed by atoms with E-state index in [4.69, 9.17) is 4.74 Å². The fourth-order valence-corrected chi connectivity index (χ4v) is 7.65. The van der Waals surface area contributed by atoms with Crippen molar-refractivity contribution in [2.24, 2.45) is 4.99 Å². The third-order valence-corrected chi connectivity index (χ3v) is 11.0. The number of carbonyl (C=O) groups excluding carboxylic acids is 2. The van der Waals surface area contributed by atoms with Crippen molar-refractivity contribution in [3.63, 3.8) is 0 Å².